The Hall–Kier alpha value is -0.330. The van der Waals surface area contributed by atoms with Crippen molar-refractivity contribution in [1.82, 2.24) is 4.90 Å². The highest BCUT2D eigenvalue weighted by molar-refractivity contribution is 4.78. The Bertz CT molecular complexity index is 190. The fraction of sp³-hybridized carbons (Fsp3) is 1.00. The predicted octanol–water partition coefficient (Wildman–Crippen LogP) is 0.580. The van der Waals surface area contributed by atoms with E-state index in [4.69, 9.17) is 5.73 Å². The summed E-state index contributed by atoms with van der Waals surface area (Å²) in [7, 11) is 0. The van der Waals surface area contributed by atoms with E-state index >= 15 is 0 Å². The lowest BCUT2D eigenvalue weighted by molar-refractivity contribution is -0.185. The number of halogens is 3. The molecule has 3 N–H and O–H groups in total. The van der Waals surface area contributed by atoms with Gasteiger partial charge < -0.3 is 15.7 Å². The fourth-order valence-electron chi connectivity index (χ4n) is 1.82. The first-order valence-corrected chi connectivity index (χ1v) is 5.10. The van der Waals surface area contributed by atoms with Crippen LogP contribution in [-0.2, 0) is 0 Å². The summed E-state index contributed by atoms with van der Waals surface area (Å²) in [6, 6.07) is 0. The maximum atomic E-state index is 12.3. The molecule has 1 rings (SSSR count). The summed E-state index contributed by atoms with van der Waals surface area (Å²) in [6.45, 7) is 1.31. The number of nitrogens with zero attached hydrogens (tertiary/aromatic N) is 1. The monoisotopic (exact) mass is 226 g/mol. The molecule has 0 aliphatic carbocycles. The molecule has 15 heavy (non-hydrogen) atoms. The Labute approximate surface area is 87.0 Å². The summed E-state index contributed by atoms with van der Waals surface area (Å²) in [5.74, 6) is -1.18. The van der Waals surface area contributed by atoms with Gasteiger partial charge in [0.05, 0.1) is 12.0 Å². The number of piperidine rings is 1. The van der Waals surface area contributed by atoms with Gasteiger partial charge in [-0.15, -0.1) is 0 Å². The van der Waals surface area contributed by atoms with E-state index in [0.29, 0.717) is 19.6 Å². The first-order valence-electron chi connectivity index (χ1n) is 5.10. The normalized spacial score (nSPS) is 23.0. The number of hydrogen-bond donors (Lipinski definition) is 2. The van der Waals surface area contributed by atoms with Gasteiger partial charge in [0.2, 0.25) is 0 Å². The topological polar surface area (TPSA) is 49.5 Å². The highest BCUT2D eigenvalue weighted by Crippen LogP contribution is 2.33. The van der Waals surface area contributed by atoms with Crippen LogP contribution in [-0.4, -0.2) is 48.5 Å². The summed E-state index contributed by atoms with van der Waals surface area (Å²) < 4.78 is 36.9. The molecule has 1 atom stereocenters. The van der Waals surface area contributed by atoms with Crippen LogP contribution >= 0.6 is 0 Å². The maximum absolute atomic E-state index is 12.3. The molecule has 0 aromatic carbocycles. The minimum absolute atomic E-state index is 0.126. The van der Waals surface area contributed by atoms with Crippen LogP contribution in [0.1, 0.15) is 12.8 Å². The number of hydrogen-bond acceptors (Lipinski definition) is 3. The van der Waals surface area contributed by atoms with Crippen LogP contribution in [0.3, 0.4) is 0 Å². The highest BCUT2D eigenvalue weighted by Gasteiger charge is 2.41. The Morgan fingerprint density at radius 3 is 2.27 bits per heavy atom. The molecule has 6 heteroatoms. The molecule has 1 aliphatic rings. The molecule has 0 aromatic heterocycles. The molecule has 1 heterocycles. The van der Waals surface area contributed by atoms with Gasteiger partial charge in [0.15, 0.2) is 0 Å². The third-order valence-corrected chi connectivity index (χ3v) is 2.79. The van der Waals surface area contributed by atoms with Crippen molar-refractivity contribution >= 4 is 0 Å². The highest BCUT2D eigenvalue weighted by atomic mass is 19.4. The van der Waals surface area contributed by atoms with E-state index in [2.05, 4.69) is 0 Å². The molecule has 3 nitrogen and oxygen atoms in total. The largest absolute Gasteiger partial charge is 0.391 e. The van der Waals surface area contributed by atoms with Crippen molar-refractivity contribution in [2.24, 2.45) is 11.7 Å². The smallest absolute Gasteiger partial charge is 0.390 e. The first-order chi connectivity index (χ1) is 6.93. The molecule has 0 amide bonds. The second kappa shape index (κ2) is 5.14. The van der Waals surface area contributed by atoms with Gasteiger partial charge in [0, 0.05) is 13.1 Å². The summed E-state index contributed by atoms with van der Waals surface area (Å²) in [5.41, 5.74) is 5.23. The van der Waals surface area contributed by atoms with Crippen molar-refractivity contribution in [1.29, 1.82) is 0 Å². The van der Waals surface area contributed by atoms with E-state index in [9.17, 15) is 18.3 Å². The lowest BCUT2D eigenvalue weighted by atomic mass is 9.96. The van der Waals surface area contributed by atoms with E-state index in [1.165, 1.54) is 0 Å². The van der Waals surface area contributed by atoms with Crippen LogP contribution in [0.5, 0.6) is 0 Å². The van der Waals surface area contributed by atoms with Gasteiger partial charge in [0.1, 0.15) is 0 Å². The molecule has 1 fully saturated rings. The van der Waals surface area contributed by atoms with E-state index in [1.54, 1.807) is 0 Å². The number of alkyl halides is 3. The van der Waals surface area contributed by atoms with Gasteiger partial charge in [-0.1, -0.05) is 0 Å². The quantitative estimate of drug-likeness (QED) is 0.740. The Morgan fingerprint density at radius 1 is 1.33 bits per heavy atom. The van der Waals surface area contributed by atoms with Gasteiger partial charge in [-0.2, -0.15) is 13.2 Å². The molecular weight excluding hydrogens is 209 g/mol. The van der Waals surface area contributed by atoms with Crippen LogP contribution in [0.25, 0.3) is 0 Å². The van der Waals surface area contributed by atoms with Crippen molar-refractivity contribution in [3.05, 3.63) is 0 Å². The van der Waals surface area contributed by atoms with Crippen molar-refractivity contribution in [3.8, 4) is 0 Å². The van der Waals surface area contributed by atoms with E-state index in [1.807, 2.05) is 4.90 Å². The maximum Gasteiger partial charge on any atom is 0.391 e. The fourth-order valence-corrected chi connectivity index (χ4v) is 1.82. The summed E-state index contributed by atoms with van der Waals surface area (Å²) >= 11 is 0. The number of β-amino-alcohol motifs (C(OH)–C–C–N with tert-alkyl or cyclic N) is 1. The third-order valence-electron chi connectivity index (χ3n) is 2.79. The van der Waals surface area contributed by atoms with Gasteiger partial charge in [-0.25, -0.2) is 0 Å². The Kier molecular flexibility index (Phi) is 4.36. The summed E-state index contributed by atoms with van der Waals surface area (Å²) in [6.07, 6.45) is -4.45. The van der Waals surface area contributed by atoms with Crippen LogP contribution in [0.2, 0.25) is 0 Å². The number of nitrogens with two attached hydrogens (primary N) is 1. The van der Waals surface area contributed by atoms with Gasteiger partial charge in [-0.05, 0) is 25.9 Å². The molecule has 1 unspecified atom stereocenters. The van der Waals surface area contributed by atoms with Gasteiger partial charge >= 0.3 is 6.18 Å². The number of rotatable bonds is 3. The van der Waals surface area contributed by atoms with Crippen LogP contribution in [0.15, 0.2) is 0 Å². The van der Waals surface area contributed by atoms with E-state index < -0.39 is 18.2 Å². The van der Waals surface area contributed by atoms with Crippen LogP contribution < -0.4 is 5.73 Å². The second-order valence-electron chi connectivity index (χ2n) is 4.01. The van der Waals surface area contributed by atoms with Crippen LogP contribution in [0.4, 0.5) is 13.2 Å². The van der Waals surface area contributed by atoms with Crippen molar-refractivity contribution < 1.29 is 18.3 Å². The Morgan fingerprint density at radius 2 is 1.87 bits per heavy atom. The lowest BCUT2D eigenvalue weighted by Gasteiger charge is -2.33. The molecule has 0 aromatic rings. The molecule has 0 saturated carbocycles. The SMILES string of the molecule is NCC(O)CN1CCC(C(F)(F)F)CC1. The molecule has 1 saturated heterocycles. The number of aliphatic hydroxyl groups is 1. The van der Waals surface area contributed by atoms with Crippen molar-refractivity contribution in [2.75, 3.05) is 26.2 Å². The Balaban J connectivity index is 2.30. The van der Waals surface area contributed by atoms with E-state index in [-0.39, 0.29) is 19.4 Å². The van der Waals surface area contributed by atoms with Crippen molar-refractivity contribution in [2.45, 2.75) is 25.1 Å². The molecule has 0 spiro atoms. The molecular formula is C9H17F3N2O. The minimum Gasteiger partial charge on any atom is -0.390 e. The molecule has 1 aliphatic heterocycles. The van der Waals surface area contributed by atoms with Crippen LogP contribution in [0, 0.1) is 5.92 Å². The van der Waals surface area contributed by atoms with E-state index in [0.717, 1.165) is 0 Å². The molecule has 0 bridgehead atoms. The lowest BCUT2D eigenvalue weighted by Crippen LogP contribution is -2.43. The molecule has 0 radical (unpaired) electrons. The molecule has 90 valence electrons. The zero-order chi connectivity index (χ0) is 11.5. The average molecular weight is 226 g/mol. The summed E-state index contributed by atoms with van der Waals surface area (Å²) in [4.78, 5) is 1.83. The van der Waals surface area contributed by atoms with Crippen molar-refractivity contribution in [3.63, 3.8) is 0 Å². The first kappa shape index (κ1) is 12.7. The third kappa shape index (κ3) is 3.96. The summed E-state index contributed by atoms with van der Waals surface area (Å²) in [5, 5.41) is 9.25. The van der Waals surface area contributed by atoms with Gasteiger partial charge in [0.25, 0.3) is 0 Å². The number of likely N-dealkylation sites (tertiary alicyclic amines) is 1. The average Bonchev–Trinajstić information content (AvgIpc) is 2.17. The van der Waals surface area contributed by atoms with Gasteiger partial charge in [-0.3, -0.25) is 0 Å². The predicted molar refractivity (Wildman–Crippen MR) is 50.3 cm³/mol. The zero-order valence-corrected chi connectivity index (χ0v) is 8.50. The zero-order valence-electron chi connectivity index (χ0n) is 8.50. The second-order valence-corrected chi connectivity index (χ2v) is 4.01. The minimum atomic E-state index is -4.07. The number of aliphatic hydroxyl groups excluding tert-OH is 1. The standard InChI is InChI=1S/C9H17F3N2O/c10-9(11,12)7-1-3-14(4-2-7)6-8(15)5-13/h7-8,15H,1-6,13H2.